The fraction of sp³-hybridized carbons (Fsp3) is 0.500. The fourth-order valence-corrected chi connectivity index (χ4v) is 3.72. The monoisotopic (exact) mass is 269 g/mol. The number of fused-ring (bicyclic) bond motifs is 2. The van der Waals surface area contributed by atoms with Crippen molar-refractivity contribution in [3.05, 3.63) is 42.0 Å². The average Bonchev–Trinajstić information content (AvgIpc) is 2.69. The summed E-state index contributed by atoms with van der Waals surface area (Å²) in [7, 11) is 2.22. The second kappa shape index (κ2) is 5.92. The topological polar surface area (TPSA) is 20.3 Å². The minimum atomic E-state index is 0.295. The van der Waals surface area contributed by atoms with Crippen LogP contribution in [0.15, 0.2) is 36.4 Å². The van der Waals surface area contributed by atoms with Crippen LogP contribution in [0.1, 0.15) is 37.7 Å². The average molecular weight is 269 g/mol. The Morgan fingerprint density at radius 2 is 1.85 bits per heavy atom. The van der Waals surface area contributed by atoms with Gasteiger partial charge in [-0.1, -0.05) is 42.5 Å². The number of Topliss-reactive ketones (excluding diaryl/α,β-unsaturated/α-hetero) is 1. The zero-order valence-electron chi connectivity index (χ0n) is 12.2. The van der Waals surface area contributed by atoms with E-state index in [-0.39, 0.29) is 0 Å². The molecular formula is C18H23NO. The summed E-state index contributed by atoms with van der Waals surface area (Å²) < 4.78 is 0. The van der Waals surface area contributed by atoms with E-state index in [4.69, 9.17) is 0 Å². The van der Waals surface area contributed by atoms with E-state index in [0.717, 1.165) is 12.8 Å². The molecule has 2 heteroatoms. The summed E-state index contributed by atoms with van der Waals surface area (Å²) in [5.74, 6) is 0.728. The highest BCUT2D eigenvalue weighted by atomic mass is 16.1. The van der Waals surface area contributed by atoms with Crippen LogP contribution in [-0.4, -0.2) is 29.8 Å². The molecule has 1 aromatic rings. The summed E-state index contributed by atoms with van der Waals surface area (Å²) in [4.78, 5) is 14.8. The molecule has 1 aromatic carbocycles. The first-order valence-electron chi connectivity index (χ1n) is 7.70. The van der Waals surface area contributed by atoms with E-state index in [1.54, 1.807) is 0 Å². The van der Waals surface area contributed by atoms with Crippen LogP contribution < -0.4 is 0 Å². The largest absolute Gasteiger partial charge is 0.300 e. The van der Waals surface area contributed by atoms with Gasteiger partial charge < -0.3 is 4.90 Å². The van der Waals surface area contributed by atoms with Crippen molar-refractivity contribution in [1.29, 1.82) is 0 Å². The number of allylic oxidation sites excluding steroid dienone is 1. The summed E-state index contributed by atoms with van der Waals surface area (Å²) in [6.45, 7) is 0. The highest BCUT2D eigenvalue weighted by Crippen LogP contribution is 2.38. The molecule has 2 nitrogen and oxygen atoms in total. The molecule has 2 atom stereocenters. The smallest absolute Gasteiger partial charge is 0.139 e. The number of ketones is 1. The summed E-state index contributed by atoms with van der Waals surface area (Å²) in [6.07, 6.45) is 9.38. The van der Waals surface area contributed by atoms with Crippen molar-refractivity contribution >= 4 is 11.9 Å². The van der Waals surface area contributed by atoms with Crippen molar-refractivity contribution in [1.82, 2.24) is 4.90 Å². The molecule has 2 aliphatic heterocycles. The van der Waals surface area contributed by atoms with Gasteiger partial charge in [-0.2, -0.15) is 0 Å². The van der Waals surface area contributed by atoms with E-state index in [2.05, 4.69) is 30.2 Å². The van der Waals surface area contributed by atoms with Gasteiger partial charge in [-0.25, -0.2) is 0 Å². The molecule has 0 radical (unpaired) electrons. The van der Waals surface area contributed by atoms with Crippen LogP contribution in [0.3, 0.4) is 0 Å². The second-order valence-corrected chi connectivity index (χ2v) is 6.20. The molecule has 0 aromatic heterocycles. The van der Waals surface area contributed by atoms with E-state index < -0.39 is 0 Å². The van der Waals surface area contributed by atoms with Gasteiger partial charge in [0, 0.05) is 24.4 Å². The quantitative estimate of drug-likeness (QED) is 0.833. The zero-order chi connectivity index (χ0) is 13.9. The van der Waals surface area contributed by atoms with Crippen LogP contribution >= 0.6 is 0 Å². The van der Waals surface area contributed by atoms with Crippen LogP contribution in [0.2, 0.25) is 0 Å². The Morgan fingerprint density at radius 1 is 1.20 bits per heavy atom. The van der Waals surface area contributed by atoms with Gasteiger partial charge in [-0.3, -0.25) is 4.79 Å². The first-order valence-corrected chi connectivity index (χ1v) is 7.70. The van der Waals surface area contributed by atoms with E-state index in [0.29, 0.717) is 30.2 Å². The van der Waals surface area contributed by atoms with Gasteiger partial charge in [0.05, 0.1) is 0 Å². The van der Waals surface area contributed by atoms with E-state index >= 15 is 0 Å². The maximum atomic E-state index is 12.3. The molecule has 2 aliphatic rings. The molecule has 0 N–H and O–H groups in total. The van der Waals surface area contributed by atoms with Gasteiger partial charge >= 0.3 is 0 Å². The Balaban J connectivity index is 1.54. The number of carbonyl (C=O) groups excluding carboxylic acids is 1. The lowest BCUT2D eigenvalue weighted by Gasteiger charge is -2.35. The van der Waals surface area contributed by atoms with Crippen molar-refractivity contribution in [2.75, 3.05) is 7.05 Å². The van der Waals surface area contributed by atoms with E-state index in [9.17, 15) is 4.79 Å². The summed E-state index contributed by atoms with van der Waals surface area (Å²) in [6, 6.07) is 11.5. The predicted molar refractivity (Wildman–Crippen MR) is 82.4 cm³/mol. The van der Waals surface area contributed by atoms with Gasteiger partial charge in [0.2, 0.25) is 0 Å². The standard InChI is InChI=1S/C18H23NO/c1-19-16-10-11-17(19)13-15(12-16)18(20)9-5-8-14-6-3-2-4-7-14/h2-8,15-17H,9-13H2,1H3/b8-5+. The van der Waals surface area contributed by atoms with Gasteiger partial charge in [-0.05, 0) is 38.3 Å². The molecule has 2 bridgehead atoms. The van der Waals surface area contributed by atoms with Crippen molar-refractivity contribution < 1.29 is 4.79 Å². The molecule has 106 valence electrons. The van der Waals surface area contributed by atoms with Crippen LogP contribution in [0.5, 0.6) is 0 Å². The molecule has 20 heavy (non-hydrogen) atoms. The second-order valence-electron chi connectivity index (χ2n) is 6.20. The molecule has 0 spiro atoms. The number of piperidine rings is 1. The lowest BCUT2D eigenvalue weighted by molar-refractivity contribution is -0.124. The molecule has 2 heterocycles. The maximum Gasteiger partial charge on any atom is 0.139 e. The molecule has 0 saturated carbocycles. The Hall–Kier alpha value is -1.41. The third-order valence-electron chi connectivity index (χ3n) is 4.98. The van der Waals surface area contributed by atoms with E-state index in [1.807, 2.05) is 24.3 Å². The first kappa shape index (κ1) is 13.6. The first-order chi connectivity index (χ1) is 9.74. The highest BCUT2D eigenvalue weighted by molar-refractivity contribution is 5.83. The Labute approximate surface area is 121 Å². The normalized spacial score (nSPS) is 29.9. The minimum absolute atomic E-state index is 0.295. The number of carbonyl (C=O) groups is 1. The highest BCUT2D eigenvalue weighted by Gasteiger charge is 2.40. The van der Waals surface area contributed by atoms with Crippen molar-refractivity contribution in [3.8, 4) is 0 Å². The third-order valence-corrected chi connectivity index (χ3v) is 4.98. The lowest BCUT2D eigenvalue weighted by atomic mass is 9.86. The van der Waals surface area contributed by atoms with Crippen LogP contribution in [0, 0.1) is 5.92 Å². The molecule has 0 aliphatic carbocycles. The van der Waals surface area contributed by atoms with Gasteiger partial charge in [-0.15, -0.1) is 0 Å². The zero-order valence-corrected chi connectivity index (χ0v) is 12.2. The molecule has 2 unspecified atom stereocenters. The third kappa shape index (κ3) is 2.85. The Bertz CT molecular complexity index is 479. The predicted octanol–water partition coefficient (Wildman–Crippen LogP) is 3.53. The summed E-state index contributed by atoms with van der Waals surface area (Å²) >= 11 is 0. The van der Waals surface area contributed by atoms with Crippen LogP contribution in [0.4, 0.5) is 0 Å². The fourth-order valence-electron chi connectivity index (χ4n) is 3.72. The SMILES string of the molecule is CN1C2CCC1CC(C(=O)C/C=C/c1ccccc1)C2. The maximum absolute atomic E-state index is 12.3. The lowest BCUT2D eigenvalue weighted by Crippen LogP contribution is -2.41. The van der Waals surface area contributed by atoms with Crippen molar-refractivity contribution in [2.45, 2.75) is 44.2 Å². The summed E-state index contributed by atoms with van der Waals surface area (Å²) in [5, 5.41) is 0. The van der Waals surface area contributed by atoms with E-state index in [1.165, 1.54) is 18.4 Å². The number of hydrogen-bond acceptors (Lipinski definition) is 2. The molecule has 2 fully saturated rings. The number of rotatable bonds is 4. The number of benzene rings is 1. The Kier molecular flexibility index (Phi) is 4.02. The molecular weight excluding hydrogens is 246 g/mol. The van der Waals surface area contributed by atoms with Crippen LogP contribution in [0.25, 0.3) is 6.08 Å². The van der Waals surface area contributed by atoms with Gasteiger partial charge in [0.1, 0.15) is 5.78 Å². The van der Waals surface area contributed by atoms with Crippen molar-refractivity contribution in [2.24, 2.45) is 5.92 Å². The van der Waals surface area contributed by atoms with Crippen LogP contribution in [-0.2, 0) is 4.79 Å². The molecule has 0 amide bonds. The molecule has 3 rings (SSSR count). The minimum Gasteiger partial charge on any atom is -0.300 e. The van der Waals surface area contributed by atoms with Crippen molar-refractivity contribution in [3.63, 3.8) is 0 Å². The number of nitrogens with zero attached hydrogens (tertiary/aromatic N) is 1. The Morgan fingerprint density at radius 3 is 2.50 bits per heavy atom. The number of hydrogen-bond donors (Lipinski definition) is 0. The summed E-state index contributed by atoms with van der Waals surface area (Å²) in [5.41, 5.74) is 1.17. The molecule has 2 saturated heterocycles. The van der Waals surface area contributed by atoms with Gasteiger partial charge in [0.25, 0.3) is 0 Å². The van der Waals surface area contributed by atoms with Gasteiger partial charge in [0.15, 0.2) is 0 Å².